The third kappa shape index (κ3) is 7.82. The molecule has 0 radical (unpaired) electrons. The molecule has 0 spiro atoms. The number of hydrogen-bond donors (Lipinski definition) is 5. The molecule has 6 heterocycles. The highest BCUT2D eigenvalue weighted by Gasteiger charge is 2.39. The Hall–Kier alpha value is -6.23. The molecule has 8 rings (SSSR count). The first-order valence-corrected chi connectivity index (χ1v) is 20.9. The number of H-pyrrole nitrogens is 2. The molecular weight excluding hydrogens is 786 g/mol. The van der Waals surface area contributed by atoms with Gasteiger partial charge in [-0.05, 0) is 61.8 Å². The highest BCUT2D eigenvalue weighted by molar-refractivity contribution is 5.93. The molecule has 0 unspecified atom stereocenters. The van der Waals surface area contributed by atoms with Gasteiger partial charge in [-0.25, -0.2) is 19.2 Å². The maximum atomic E-state index is 16.7. The standard InChI is InChI=1S/C44H52FN9O7/c1-23(2)37(50-35(56)22-55)42(57)53-14-6-8-32(53)40-46-20-29(48-40)25-11-13-31-28(18-25)36(45)39-27-12-10-26(19-34(27)61-17-16-52(31)39)30-21-47-41(49-30)33-9-7-15-54(33)43(58)38(24(3)4)51-44(59)60-5/h10-13,18-21,23-24,32-33,37-38,55H,6-9,14-17,22H2,1-5H3,(H,46,48)(H,47,49)(H,50,56)(H,51,59)/t32-,33-,37+,38+/m1/s1. The van der Waals surface area contributed by atoms with Gasteiger partial charge in [-0.3, -0.25) is 14.4 Å². The van der Waals surface area contributed by atoms with Gasteiger partial charge in [0.25, 0.3) is 0 Å². The molecule has 3 aliphatic rings. The molecule has 2 aromatic carbocycles. The van der Waals surface area contributed by atoms with Crippen LogP contribution in [0.4, 0.5) is 9.18 Å². The van der Waals surface area contributed by atoms with Crippen LogP contribution >= 0.6 is 0 Å². The van der Waals surface area contributed by atoms with Crippen molar-refractivity contribution in [3.8, 4) is 39.5 Å². The van der Waals surface area contributed by atoms with Crippen molar-refractivity contribution in [2.24, 2.45) is 11.8 Å². The molecule has 16 nitrogen and oxygen atoms in total. The van der Waals surface area contributed by atoms with Crippen LogP contribution < -0.4 is 15.4 Å². The molecule has 0 aliphatic carbocycles. The number of halogens is 1. The molecule has 0 saturated carbocycles. The molecule has 61 heavy (non-hydrogen) atoms. The average molecular weight is 838 g/mol. The van der Waals surface area contributed by atoms with Crippen molar-refractivity contribution in [3.63, 3.8) is 0 Å². The molecule has 3 aliphatic heterocycles. The number of rotatable bonds is 11. The Labute approximate surface area is 352 Å². The smallest absolute Gasteiger partial charge is 0.407 e. The first-order chi connectivity index (χ1) is 29.4. The van der Waals surface area contributed by atoms with Gasteiger partial charge in [-0.15, -0.1) is 0 Å². The summed E-state index contributed by atoms with van der Waals surface area (Å²) >= 11 is 0. The molecule has 3 aromatic heterocycles. The summed E-state index contributed by atoms with van der Waals surface area (Å²) in [5, 5.41) is 15.1. The SMILES string of the molecule is COC(=O)N[C@H](C(=O)N1CCC[C@@H]1c1ncc(-c2ccc3c(c2)OCCn2c-3c(F)c3cc(-c4cnc([C@H]5CCCN5C(=O)[C@@H](NC(=O)CO)C(C)C)[nH]4)ccc32)[nH]1)C(C)C. The van der Waals surface area contributed by atoms with Gasteiger partial charge in [-0.1, -0.05) is 39.8 Å². The zero-order valence-corrected chi connectivity index (χ0v) is 35.0. The predicted octanol–water partition coefficient (Wildman–Crippen LogP) is 5.46. The number of carbonyl (C=O) groups is 4. The van der Waals surface area contributed by atoms with Gasteiger partial charge in [-0.2, -0.15) is 0 Å². The summed E-state index contributed by atoms with van der Waals surface area (Å²) in [5.41, 5.74) is 4.70. The van der Waals surface area contributed by atoms with Crippen molar-refractivity contribution in [3.05, 3.63) is 66.3 Å². The van der Waals surface area contributed by atoms with Crippen molar-refractivity contribution in [1.82, 2.24) is 44.9 Å². The van der Waals surface area contributed by atoms with E-state index >= 15 is 4.39 Å². The van der Waals surface area contributed by atoms with Gasteiger partial charge in [0.2, 0.25) is 17.7 Å². The van der Waals surface area contributed by atoms with E-state index in [4.69, 9.17) is 9.47 Å². The molecule has 4 amide bonds. The number of aliphatic hydroxyl groups excluding tert-OH is 1. The van der Waals surface area contributed by atoms with Crippen molar-refractivity contribution in [2.45, 2.75) is 84.1 Å². The fourth-order valence-electron chi connectivity index (χ4n) is 8.95. The van der Waals surface area contributed by atoms with Crippen LogP contribution in [0.3, 0.4) is 0 Å². The number of nitrogens with zero attached hydrogens (tertiary/aromatic N) is 5. The molecule has 17 heteroatoms. The van der Waals surface area contributed by atoms with Crippen LogP contribution in [0.2, 0.25) is 0 Å². The monoisotopic (exact) mass is 837 g/mol. The molecule has 5 N–H and O–H groups in total. The molecule has 4 atom stereocenters. The molecule has 0 bridgehead atoms. The maximum Gasteiger partial charge on any atom is 0.407 e. The summed E-state index contributed by atoms with van der Waals surface area (Å²) in [7, 11) is 1.27. The van der Waals surface area contributed by atoms with E-state index < -0.39 is 30.7 Å². The number of aliphatic hydroxyl groups is 1. The van der Waals surface area contributed by atoms with E-state index in [0.29, 0.717) is 72.4 Å². The second-order valence-corrected chi connectivity index (χ2v) is 16.7. The van der Waals surface area contributed by atoms with E-state index in [1.807, 2.05) is 68.7 Å². The summed E-state index contributed by atoms with van der Waals surface area (Å²) in [6.45, 7) is 8.56. The minimum Gasteiger partial charge on any atom is -0.491 e. The van der Waals surface area contributed by atoms with Gasteiger partial charge in [0.1, 0.15) is 42.7 Å². The fourth-order valence-corrected chi connectivity index (χ4v) is 8.95. The number of aromatic nitrogens is 5. The number of fused-ring (bicyclic) bond motifs is 5. The summed E-state index contributed by atoms with van der Waals surface area (Å²) in [6, 6.07) is 9.14. The van der Waals surface area contributed by atoms with Crippen LogP contribution in [0.1, 0.15) is 77.1 Å². The number of alkyl carbamates (subject to hydrolysis) is 1. The lowest BCUT2D eigenvalue weighted by atomic mass is 10.0. The van der Waals surface area contributed by atoms with Gasteiger partial charge in [0.05, 0.1) is 60.7 Å². The lowest BCUT2D eigenvalue weighted by molar-refractivity contribution is -0.139. The Morgan fingerprint density at radius 3 is 2.00 bits per heavy atom. The number of imidazole rings is 2. The van der Waals surface area contributed by atoms with Crippen molar-refractivity contribution < 1.29 is 38.1 Å². The first-order valence-electron chi connectivity index (χ1n) is 20.9. The normalized spacial score (nSPS) is 18.4. The second kappa shape index (κ2) is 17.0. The maximum absolute atomic E-state index is 16.7. The number of likely N-dealkylation sites (tertiary alicyclic amines) is 2. The first kappa shape index (κ1) is 41.5. The van der Waals surface area contributed by atoms with E-state index in [1.165, 1.54) is 7.11 Å². The van der Waals surface area contributed by atoms with Crippen LogP contribution in [0.15, 0.2) is 48.8 Å². The van der Waals surface area contributed by atoms with Crippen molar-refractivity contribution in [1.29, 1.82) is 0 Å². The average Bonchev–Trinajstić information content (AvgIpc) is 4.11. The second-order valence-electron chi connectivity index (χ2n) is 16.7. The number of hydrogen-bond acceptors (Lipinski definition) is 9. The molecule has 5 aromatic rings. The van der Waals surface area contributed by atoms with E-state index in [2.05, 4.69) is 30.6 Å². The van der Waals surface area contributed by atoms with Crippen LogP contribution in [0, 0.1) is 17.7 Å². The van der Waals surface area contributed by atoms with E-state index in [-0.39, 0.29) is 41.6 Å². The van der Waals surface area contributed by atoms with Gasteiger partial charge in [0, 0.05) is 35.2 Å². The zero-order valence-electron chi connectivity index (χ0n) is 35.0. The number of methoxy groups -OCH3 is 1. The number of ether oxygens (including phenoxy) is 2. The molecule has 2 saturated heterocycles. The highest BCUT2D eigenvalue weighted by atomic mass is 19.1. The minimum absolute atomic E-state index is 0.149. The van der Waals surface area contributed by atoms with Gasteiger partial charge >= 0.3 is 6.09 Å². The van der Waals surface area contributed by atoms with Crippen LogP contribution in [-0.4, -0.2) is 109 Å². The van der Waals surface area contributed by atoms with Crippen molar-refractivity contribution in [2.75, 3.05) is 33.4 Å². The Morgan fingerprint density at radius 1 is 0.852 bits per heavy atom. The zero-order chi connectivity index (χ0) is 43.1. The van der Waals surface area contributed by atoms with E-state index in [0.717, 1.165) is 41.6 Å². The van der Waals surface area contributed by atoms with Gasteiger partial charge < -0.3 is 49.5 Å². The Kier molecular flexibility index (Phi) is 11.6. The fraction of sp³-hybridized carbons (Fsp3) is 0.455. The van der Waals surface area contributed by atoms with E-state index in [9.17, 15) is 24.3 Å². The van der Waals surface area contributed by atoms with Crippen molar-refractivity contribution >= 4 is 34.7 Å². The Balaban J connectivity index is 1.03. The largest absolute Gasteiger partial charge is 0.491 e. The van der Waals surface area contributed by atoms with E-state index in [1.54, 1.807) is 22.2 Å². The molecular formula is C44H52FN9O7. The Bertz CT molecular complexity index is 2470. The quantitative estimate of drug-likeness (QED) is 0.115. The van der Waals surface area contributed by atoms with Gasteiger partial charge in [0.15, 0.2) is 5.82 Å². The topological polar surface area (TPSA) is 200 Å². The predicted molar refractivity (Wildman–Crippen MR) is 223 cm³/mol. The molecule has 2 fully saturated rings. The summed E-state index contributed by atoms with van der Waals surface area (Å²) in [5.74, 6) is 0.0648. The summed E-state index contributed by atoms with van der Waals surface area (Å²) in [4.78, 5) is 70.9. The van der Waals surface area contributed by atoms with Crippen LogP contribution in [-0.2, 0) is 25.7 Å². The lowest BCUT2D eigenvalue weighted by Gasteiger charge is -2.30. The lowest BCUT2D eigenvalue weighted by Crippen LogP contribution is -2.51. The van der Waals surface area contributed by atoms with Crippen LogP contribution in [0.5, 0.6) is 5.75 Å². The summed E-state index contributed by atoms with van der Waals surface area (Å²) < 4.78 is 29.7. The number of carbonyl (C=O) groups excluding carboxylic acids is 4. The third-order valence-electron chi connectivity index (χ3n) is 12.1. The number of benzene rings is 2. The minimum atomic E-state index is -0.778. The number of amides is 4. The third-order valence-corrected chi connectivity index (χ3v) is 12.1. The Morgan fingerprint density at radius 2 is 1.43 bits per heavy atom. The molecule has 322 valence electrons. The highest BCUT2D eigenvalue weighted by Crippen LogP contribution is 2.42. The summed E-state index contributed by atoms with van der Waals surface area (Å²) in [6.07, 6.45) is 5.74. The number of aromatic amines is 2. The number of nitrogens with one attached hydrogen (secondary N) is 4. The van der Waals surface area contributed by atoms with Crippen LogP contribution in [0.25, 0.3) is 44.7 Å².